The smallest absolute Gasteiger partial charge is 0.190 e. The molecule has 0 amide bonds. The zero-order valence-corrected chi connectivity index (χ0v) is 16.6. The van der Waals surface area contributed by atoms with Crippen LogP contribution in [0.4, 0.5) is 10.3 Å². The molecule has 0 saturated heterocycles. The van der Waals surface area contributed by atoms with Crippen LogP contribution in [-0.4, -0.2) is 21.2 Å². The molecule has 0 aliphatic heterocycles. The van der Waals surface area contributed by atoms with Crippen molar-refractivity contribution in [1.29, 1.82) is 0 Å². The fourth-order valence-corrected chi connectivity index (χ4v) is 6.36. The monoisotopic (exact) mass is 400 g/mol. The molecule has 0 spiro atoms. The third kappa shape index (κ3) is 2.60. The molecular weight excluding hydrogens is 388 g/mol. The van der Waals surface area contributed by atoms with Crippen molar-refractivity contribution in [2.24, 2.45) is 0 Å². The lowest BCUT2D eigenvalue weighted by atomic mass is 10.3. The van der Waals surface area contributed by atoms with Crippen LogP contribution in [0.15, 0.2) is 35.2 Å². The Morgan fingerprint density at radius 2 is 1.64 bits per heavy atom. The Balaban J connectivity index is 1.58. The van der Waals surface area contributed by atoms with Gasteiger partial charge < -0.3 is 5.32 Å². The molecule has 0 aliphatic carbocycles. The van der Waals surface area contributed by atoms with Gasteiger partial charge in [0.05, 0.1) is 35.7 Å². The van der Waals surface area contributed by atoms with Crippen LogP contribution in [0.2, 0.25) is 0 Å². The molecule has 5 aromatic rings. The van der Waals surface area contributed by atoms with Crippen LogP contribution in [-0.2, 0) is 0 Å². The van der Waals surface area contributed by atoms with E-state index in [1.165, 1.54) is 19.0 Å². The molecule has 4 nitrogen and oxygen atoms in total. The zero-order valence-electron chi connectivity index (χ0n) is 13.4. The molecule has 3 aromatic heterocycles. The molecule has 25 heavy (non-hydrogen) atoms. The zero-order chi connectivity index (χ0) is 17.0. The largest absolute Gasteiger partial charge is 0.307 e. The third-order valence-electron chi connectivity index (χ3n) is 3.83. The van der Waals surface area contributed by atoms with Gasteiger partial charge in [-0.15, -0.1) is 23.1 Å². The average molecular weight is 401 g/mol. The van der Waals surface area contributed by atoms with Gasteiger partial charge in [-0.05, 0) is 37.4 Å². The Hall–Kier alpha value is -1.74. The van der Waals surface area contributed by atoms with Crippen LogP contribution >= 0.6 is 45.8 Å². The lowest BCUT2D eigenvalue weighted by molar-refractivity contribution is 1.35. The average Bonchev–Trinajstić information content (AvgIpc) is 3.28. The lowest BCUT2D eigenvalue weighted by Crippen LogP contribution is -1.87. The summed E-state index contributed by atoms with van der Waals surface area (Å²) in [5.41, 5.74) is 3.12. The number of hydrogen-bond acceptors (Lipinski definition) is 8. The number of hydrogen-bond donors (Lipinski definition) is 1. The van der Waals surface area contributed by atoms with Gasteiger partial charge >= 0.3 is 0 Å². The Morgan fingerprint density at radius 3 is 2.48 bits per heavy atom. The highest BCUT2D eigenvalue weighted by Gasteiger charge is 2.13. The highest BCUT2D eigenvalue weighted by atomic mass is 32.2. The number of thiazole rings is 3. The van der Waals surface area contributed by atoms with Crippen LogP contribution in [0.1, 0.15) is 5.01 Å². The third-order valence-corrected chi connectivity index (χ3v) is 7.68. The number of benzene rings is 2. The van der Waals surface area contributed by atoms with E-state index in [1.54, 1.807) is 45.8 Å². The fraction of sp³-hybridized carbons (Fsp3) is 0.118. The number of rotatable bonds is 3. The second-order valence-corrected chi connectivity index (χ2v) is 9.55. The van der Waals surface area contributed by atoms with E-state index in [-0.39, 0.29) is 0 Å². The van der Waals surface area contributed by atoms with Crippen molar-refractivity contribution in [3.05, 3.63) is 35.3 Å². The number of nitrogens with zero attached hydrogens (tertiary/aromatic N) is 3. The topological polar surface area (TPSA) is 50.7 Å². The fourth-order valence-electron chi connectivity index (χ4n) is 2.77. The van der Waals surface area contributed by atoms with Crippen LogP contribution in [0.5, 0.6) is 0 Å². The van der Waals surface area contributed by atoms with Gasteiger partial charge in [-0.1, -0.05) is 28.7 Å². The second kappa shape index (κ2) is 5.91. The van der Waals surface area contributed by atoms with Gasteiger partial charge in [0.1, 0.15) is 0 Å². The van der Waals surface area contributed by atoms with E-state index in [1.807, 2.05) is 19.1 Å². The van der Waals surface area contributed by atoms with Crippen molar-refractivity contribution in [2.75, 3.05) is 11.6 Å². The van der Waals surface area contributed by atoms with Crippen LogP contribution < -0.4 is 5.32 Å². The first-order chi connectivity index (χ1) is 12.2. The second-order valence-electron chi connectivity index (χ2n) is 5.46. The highest BCUT2D eigenvalue weighted by molar-refractivity contribution is 7.98. The molecule has 8 heteroatoms. The van der Waals surface area contributed by atoms with E-state index in [2.05, 4.69) is 34.8 Å². The van der Waals surface area contributed by atoms with E-state index >= 15 is 0 Å². The first-order valence-electron chi connectivity index (χ1n) is 7.58. The van der Waals surface area contributed by atoms with Crippen molar-refractivity contribution in [2.45, 2.75) is 11.8 Å². The standard InChI is InChI=1S/C17H12N4S4/c1-8-18-9-6-7-10-15(14(9)23-8)25-16(19-10)21-17-20-13-11(22-2)4-3-5-12(13)24-17/h3-7H,1-2H3,(H,19,20,21). The highest BCUT2D eigenvalue weighted by Crippen LogP contribution is 2.38. The number of thioether (sulfide) groups is 1. The first-order valence-corrected chi connectivity index (χ1v) is 11.3. The molecule has 0 saturated carbocycles. The molecule has 124 valence electrons. The minimum atomic E-state index is 0.873. The van der Waals surface area contributed by atoms with Gasteiger partial charge in [-0.3, -0.25) is 0 Å². The summed E-state index contributed by atoms with van der Waals surface area (Å²) >= 11 is 6.77. The van der Waals surface area contributed by atoms with Crippen molar-refractivity contribution in [1.82, 2.24) is 15.0 Å². The van der Waals surface area contributed by atoms with Crippen molar-refractivity contribution in [3.8, 4) is 0 Å². The summed E-state index contributed by atoms with van der Waals surface area (Å²) in [5, 5.41) is 6.23. The Labute approximate surface area is 160 Å². The predicted octanol–water partition coefficient (Wildman–Crippen LogP) is 6.29. The van der Waals surface area contributed by atoms with E-state index in [0.717, 1.165) is 31.8 Å². The minimum absolute atomic E-state index is 0.873. The summed E-state index contributed by atoms with van der Waals surface area (Å²) in [6, 6.07) is 10.4. The first kappa shape index (κ1) is 15.5. The molecule has 0 bridgehead atoms. The van der Waals surface area contributed by atoms with Crippen LogP contribution in [0.25, 0.3) is 30.6 Å². The number of aromatic nitrogens is 3. The number of nitrogens with one attached hydrogen (secondary N) is 1. The summed E-state index contributed by atoms with van der Waals surface area (Å²) in [6.45, 7) is 2.04. The Morgan fingerprint density at radius 1 is 0.880 bits per heavy atom. The molecule has 0 fully saturated rings. The van der Waals surface area contributed by atoms with Gasteiger partial charge in [0, 0.05) is 4.90 Å². The molecule has 0 atom stereocenters. The van der Waals surface area contributed by atoms with E-state index < -0.39 is 0 Å². The number of fused-ring (bicyclic) bond motifs is 4. The van der Waals surface area contributed by atoms with E-state index in [4.69, 9.17) is 9.97 Å². The molecule has 0 unspecified atom stereocenters. The van der Waals surface area contributed by atoms with Crippen molar-refractivity contribution in [3.63, 3.8) is 0 Å². The molecule has 3 heterocycles. The summed E-state index contributed by atoms with van der Waals surface area (Å²) in [4.78, 5) is 15.3. The van der Waals surface area contributed by atoms with E-state index in [0.29, 0.717) is 0 Å². The van der Waals surface area contributed by atoms with Gasteiger partial charge in [0.15, 0.2) is 10.3 Å². The van der Waals surface area contributed by atoms with Crippen molar-refractivity contribution < 1.29 is 0 Å². The summed E-state index contributed by atoms with van der Waals surface area (Å²) in [5.74, 6) is 0. The maximum Gasteiger partial charge on any atom is 0.190 e. The normalized spacial score (nSPS) is 11.8. The summed E-state index contributed by atoms with van der Waals surface area (Å²) in [7, 11) is 0. The summed E-state index contributed by atoms with van der Waals surface area (Å²) < 4.78 is 3.60. The van der Waals surface area contributed by atoms with Gasteiger partial charge in [-0.25, -0.2) is 15.0 Å². The van der Waals surface area contributed by atoms with Gasteiger partial charge in [-0.2, -0.15) is 0 Å². The van der Waals surface area contributed by atoms with Crippen LogP contribution in [0.3, 0.4) is 0 Å². The Kier molecular flexibility index (Phi) is 3.67. The van der Waals surface area contributed by atoms with Crippen LogP contribution in [0, 0.1) is 6.92 Å². The quantitative estimate of drug-likeness (QED) is 0.361. The lowest BCUT2D eigenvalue weighted by Gasteiger charge is -1.95. The molecule has 0 aliphatic rings. The van der Waals surface area contributed by atoms with Gasteiger partial charge in [0.2, 0.25) is 0 Å². The van der Waals surface area contributed by atoms with Crippen molar-refractivity contribution >= 4 is 86.7 Å². The Bertz CT molecular complexity index is 1230. The molecular formula is C17H12N4S4. The molecule has 5 rings (SSSR count). The van der Waals surface area contributed by atoms with Gasteiger partial charge in [0.25, 0.3) is 0 Å². The summed E-state index contributed by atoms with van der Waals surface area (Å²) in [6.07, 6.45) is 2.08. The molecule has 0 radical (unpaired) electrons. The molecule has 2 aromatic carbocycles. The van der Waals surface area contributed by atoms with E-state index in [9.17, 15) is 0 Å². The number of anilines is 2. The maximum atomic E-state index is 4.76. The SMILES string of the molecule is CSc1cccc2sc(Nc3nc4ccc5nc(C)sc5c4s3)nc12. The number of aryl methyl sites for hydroxylation is 1. The predicted molar refractivity (Wildman–Crippen MR) is 112 cm³/mol. The molecule has 1 N–H and O–H groups in total. The minimum Gasteiger partial charge on any atom is -0.307 e. The maximum absolute atomic E-state index is 4.76. The number of para-hydroxylation sites is 1.